The number of hydrogen-bond acceptors (Lipinski definition) is 2. The van der Waals surface area contributed by atoms with Gasteiger partial charge in [0.2, 0.25) is 0 Å². The zero-order chi connectivity index (χ0) is 11.1. The maximum atomic E-state index is 4.35. The second-order valence-electron chi connectivity index (χ2n) is 5.58. The van der Waals surface area contributed by atoms with Crippen molar-refractivity contribution in [1.82, 2.24) is 14.5 Å². The predicted octanol–water partition coefficient (Wildman–Crippen LogP) is 2.42. The maximum absolute atomic E-state index is 4.35. The Morgan fingerprint density at radius 2 is 2.06 bits per heavy atom. The van der Waals surface area contributed by atoms with E-state index in [0.29, 0.717) is 6.04 Å². The molecule has 3 rings (SSSR count). The van der Waals surface area contributed by atoms with Crippen molar-refractivity contribution in [3.05, 3.63) is 18.2 Å². The van der Waals surface area contributed by atoms with Gasteiger partial charge in [-0.15, -0.1) is 0 Å². The molecule has 0 saturated heterocycles. The first-order valence-electron chi connectivity index (χ1n) is 6.44. The lowest BCUT2D eigenvalue weighted by molar-refractivity contribution is 0.290. The van der Waals surface area contributed by atoms with Gasteiger partial charge in [-0.05, 0) is 46.2 Å². The van der Waals surface area contributed by atoms with Crippen molar-refractivity contribution in [2.45, 2.75) is 50.1 Å². The topological polar surface area (TPSA) is 21.1 Å². The van der Waals surface area contributed by atoms with E-state index in [1.807, 2.05) is 0 Å². The van der Waals surface area contributed by atoms with E-state index in [-0.39, 0.29) is 0 Å². The van der Waals surface area contributed by atoms with Crippen LogP contribution in [0, 0.1) is 0 Å². The highest BCUT2D eigenvalue weighted by Crippen LogP contribution is 2.42. The molecule has 2 aliphatic rings. The molecule has 0 radical (unpaired) electrons. The van der Waals surface area contributed by atoms with Crippen molar-refractivity contribution in [2.75, 3.05) is 14.1 Å². The Balaban J connectivity index is 1.75. The van der Waals surface area contributed by atoms with Gasteiger partial charge in [-0.2, -0.15) is 0 Å². The zero-order valence-corrected chi connectivity index (χ0v) is 10.3. The summed E-state index contributed by atoms with van der Waals surface area (Å²) in [7, 11) is 4.39. The minimum Gasteiger partial charge on any atom is -0.331 e. The normalized spacial score (nSPS) is 30.2. The molecule has 3 heteroatoms. The van der Waals surface area contributed by atoms with E-state index in [1.54, 1.807) is 0 Å². The van der Waals surface area contributed by atoms with Crippen molar-refractivity contribution in [3.8, 4) is 0 Å². The molecule has 2 aliphatic carbocycles. The second kappa shape index (κ2) is 3.88. The Bertz CT molecular complexity index is 365. The molecular formula is C13H21N3. The fourth-order valence-corrected chi connectivity index (χ4v) is 2.97. The van der Waals surface area contributed by atoms with Gasteiger partial charge in [-0.3, -0.25) is 0 Å². The summed E-state index contributed by atoms with van der Waals surface area (Å²) in [5.41, 5.74) is 1.49. The van der Waals surface area contributed by atoms with Crippen LogP contribution in [-0.4, -0.2) is 34.6 Å². The number of rotatable bonds is 3. The summed E-state index contributed by atoms with van der Waals surface area (Å²) < 4.78 is 2.46. The molecule has 88 valence electrons. The molecule has 1 aromatic rings. The summed E-state index contributed by atoms with van der Waals surface area (Å²) in [6.07, 6.45) is 10.8. The Morgan fingerprint density at radius 3 is 2.69 bits per heavy atom. The molecule has 0 N–H and O–H groups in total. The third-order valence-electron chi connectivity index (χ3n) is 4.19. The van der Waals surface area contributed by atoms with Gasteiger partial charge in [0, 0.05) is 29.9 Å². The lowest BCUT2D eigenvalue weighted by Crippen LogP contribution is -2.25. The summed E-state index contributed by atoms with van der Waals surface area (Å²) >= 11 is 0. The molecule has 1 aromatic heterocycles. The van der Waals surface area contributed by atoms with Crippen molar-refractivity contribution < 1.29 is 0 Å². The molecule has 3 nitrogen and oxygen atoms in total. The van der Waals surface area contributed by atoms with E-state index in [2.05, 4.69) is 41.1 Å². The summed E-state index contributed by atoms with van der Waals surface area (Å²) in [6, 6.07) is 1.46. The van der Waals surface area contributed by atoms with Crippen molar-refractivity contribution >= 4 is 0 Å². The number of hydrogen-bond donors (Lipinski definition) is 0. The summed E-state index contributed by atoms with van der Waals surface area (Å²) in [5.74, 6) is 0.820. The Labute approximate surface area is 97.5 Å². The molecule has 0 amide bonds. The highest BCUT2D eigenvalue weighted by Gasteiger charge is 2.32. The van der Waals surface area contributed by atoms with Crippen LogP contribution in [0.5, 0.6) is 0 Å². The quantitative estimate of drug-likeness (QED) is 0.778. The van der Waals surface area contributed by atoms with E-state index in [0.717, 1.165) is 12.0 Å². The molecular weight excluding hydrogens is 198 g/mol. The first-order chi connectivity index (χ1) is 7.75. The predicted molar refractivity (Wildman–Crippen MR) is 64.6 cm³/mol. The zero-order valence-electron chi connectivity index (χ0n) is 10.3. The molecule has 0 bridgehead atoms. The third kappa shape index (κ3) is 1.77. The van der Waals surface area contributed by atoms with Crippen molar-refractivity contribution in [2.24, 2.45) is 0 Å². The molecule has 2 atom stereocenters. The summed E-state index contributed by atoms with van der Waals surface area (Å²) in [6.45, 7) is 0. The lowest BCUT2D eigenvalue weighted by Gasteiger charge is -2.20. The van der Waals surface area contributed by atoms with Gasteiger partial charge in [0.25, 0.3) is 0 Å². The molecule has 0 aliphatic heterocycles. The largest absolute Gasteiger partial charge is 0.331 e. The smallest absolute Gasteiger partial charge is 0.0950 e. The highest BCUT2D eigenvalue weighted by atomic mass is 15.1. The van der Waals surface area contributed by atoms with Crippen LogP contribution in [0.15, 0.2) is 12.5 Å². The average molecular weight is 219 g/mol. The average Bonchev–Trinajstić information content (AvgIpc) is 2.83. The van der Waals surface area contributed by atoms with Crippen LogP contribution in [-0.2, 0) is 0 Å². The van der Waals surface area contributed by atoms with Gasteiger partial charge in [-0.1, -0.05) is 0 Å². The number of imidazole rings is 1. The minimum atomic E-state index is 0.700. The van der Waals surface area contributed by atoms with Gasteiger partial charge in [-0.25, -0.2) is 4.98 Å². The molecule has 16 heavy (non-hydrogen) atoms. The van der Waals surface area contributed by atoms with Crippen LogP contribution in [0.1, 0.15) is 49.8 Å². The molecule has 2 unspecified atom stereocenters. The fraction of sp³-hybridized carbons (Fsp3) is 0.769. The summed E-state index contributed by atoms with van der Waals surface area (Å²) in [5, 5.41) is 0. The van der Waals surface area contributed by atoms with Gasteiger partial charge >= 0.3 is 0 Å². The van der Waals surface area contributed by atoms with E-state index >= 15 is 0 Å². The van der Waals surface area contributed by atoms with E-state index < -0.39 is 0 Å². The second-order valence-corrected chi connectivity index (χ2v) is 5.58. The Kier molecular flexibility index (Phi) is 2.51. The number of aromatic nitrogens is 2. The van der Waals surface area contributed by atoms with Crippen LogP contribution < -0.4 is 0 Å². The monoisotopic (exact) mass is 219 g/mol. The lowest BCUT2D eigenvalue weighted by atomic mass is 10.2. The molecule has 0 spiro atoms. The first kappa shape index (κ1) is 10.3. The van der Waals surface area contributed by atoms with Crippen LogP contribution in [0.3, 0.4) is 0 Å². The SMILES string of the molecule is CN(C)C1CCC(n2cncc2C2CC2)C1. The standard InChI is InChI=1S/C13H21N3/c1-15(2)11-5-6-12(7-11)16-9-14-8-13(16)10-3-4-10/h8-12H,3-7H2,1-2H3. The first-order valence-corrected chi connectivity index (χ1v) is 6.44. The van der Waals surface area contributed by atoms with Gasteiger partial charge in [0.1, 0.15) is 0 Å². The number of nitrogens with zero attached hydrogens (tertiary/aromatic N) is 3. The van der Waals surface area contributed by atoms with Crippen LogP contribution in [0.25, 0.3) is 0 Å². The van der Waals surface area contributed by atoms with Crippen molar-refractivity contribution in [3.63, 3.8) is 0 Å². The molecule has 2 saturated carbocycles. The highest BCUT2D eigenvalue weighted by molar-refractivity contribution is 5.14. The third-order valence-corrected chi connectivity index (χ3v) is 4.19. The fourth-order valence-electron chi connectivity index (χ4n) is 2.97. The van der Waals surface area contributed by atoms with Crippen LogP contribution in [0.2, 0.25) is 0 Å². The Morgan fingerprint density at radius 1 is 1.25 bits per heavy atom. The minimum absolute atomic E-state index is 0.700. The van der Waals surface area contributed by atoms with Gasteiger partial charge in [0.05, 0.1) is 6.33 Å². The maximum Gasteiger partial charge on any atom is 0.0950 e. The van der Waals surface area contributed by atoms with Crippen LogP contribution in [0.4, 0.5) is 0 Å². The molecule has 2 fully saturated rings. The van der Waals surface area contributed by atoms with Crippen LogP contribution >= 0.6 is 0 Å². The van der Waals surface area contributed by atoms with E-state index in [4.69, 9.17) is 0 Å². The Hall–Kier alpha value is -0.830. The molecule has 1 heterocycles. The van der Waals surface area contributed by atoms with Gasteiger partial charge < -0.3 is 9.47 Å². The summed E-state index contributed by atoms with van der Waals surface area (Å²) in [4.78, 5) is 6.72. The van der Waals surface area contributed by atoms with E-state index in [1.165, 1.54) is 37.8 Å². The van der Waals surface area contributed by atoms with Gasteiger partial charge in [0.15, 0.2) is 0 Å². The molecule has 0 aromatic carbocycles. The van der Waals surface area contributed by atoms with Crippen molar-refractivity contribution in [1.29, 1.82) is 0 Å². The van der Waals surface area contributed by atoms with E-state index in [9.17, 15) is 0 Å².